The van der Waals surface area contributed by atoms with E-state index >= 15 is 0 Å². The summed E-state index contributed by atoms with van der Waals surface area (Å²) in [4.78, 5) is 36.6. The summed E-state index contributed by atoms with van der Waals surface area (Å²) < 4.78 is 5.13. The second-order valence-electron chi connectivity index (χ2n) is 6.19. The predicted molar refractivity (Wildman–Crippen MR) is 116 cm³/mol. The van der Waals surface area contributed by atoms with Gasteiger partial charge in [-0.3, -0.25) is 4.79 Å². The molecule has 148 valence electrons. The lowest BCUT2D eigenvalue weighted by atomic mass is 10.1. The minimum absolute atomic E-state index is 0.187. The van der Waals surface area contributed by atoms with Crippen molar-refractivity contribution in [3.05, 3.63) is 32.8 Å². The number of carbonyl (C=O) groups is 2. The second-order valence-corrected chi connectivity index (χ2v) is 9.58. The molecule has 0 saturated carbocycles. The zero-order valence-corrected chi connectivity index (χ0v) is 18.8. The Bertz CT molecular complexity index is 1060. The lowest BCUT2D eigenvalue weighted by molar-refractivity contribution is -0.113. The summed E-state index contributed by atoms with van der Waals surface area (Å²) in [5, 5.41) is 5.21. The summed E-state index contributed by atoms with van der Waals surface area (Å²) >= 11 is 4.39. The van der Waals surface area contributed by atoms with Crippen LogP contribution in [0, 0.1) is 27.7 Å². The van der Waals surface area contributed by atoms with Crippen molar-refractivity contribution in [1.82, 2.24) is 9.97 Å². The van der Waals surface area contributed by atoms with Gasteiger partial charge in [0.1, 0.15) is 21.2 Å². The quantitative estimate of drug-likeness (QED) is 0.337. The van der Waals surface area contributed by atoms with Gasteiger partial charge in [0.05, 0.1) is 17.9 Å². The van der Waals surface area contributed by atoms with Crippen LogP contribution < -0.4 is 5.32 Å². The molecule has 1 amide bonds. The molecule has 0 bridgehead atoms. The molecule has 3 aromatic heterocycles. The third kappa shape index (κ3) is 4.06. The first kappa shape index (κ1) is 20.8. The van der Waals surface area contributed by atoms with Crippen LogP contribution in [0.1, 0.15) is 38.2 Å². The maximum atomic E-state index is 12.5. The molecule has 3 heterocycles. The maximum Gasteiger partial charge on any atom is 0.341 e. The van der Waals surface area contributed by atoms with E-state index in [1.54, 1.807) is 18.3 Å². The Balaban J connectivity index is 1.76. The van der Waals surface area contributed by atoms with Gasteiger partial charge in [0.25, 0.3) is 0 Å². The molecule has 0 aliphatic carbocycles. The number of amides is 1. The highest BCUT2D eigenvalue weighted by molar-refractivity contribution is 8.00. The lowest BCUT2D eigenvalue weighted by Crippen LogP contribution is -2.16. The standard InChI is InChI=1S/C19H21N3O3S3/c1-6-25-19(24)15-10(3)12(5)28-18(15)22-13(23)7-26-16-14-9(2)11(4)27-17(14)21-8-20-16/h8H,6-7H2,1-5H3,(H,22,23). The number of carbonyl (C=O) groups excluding carboxylic acids is 2. The largest absolute Gasteiger partial charge is 0.462 e. The van der Waals surface area contributed by atoms with Crippen LogP contribution in [0.4, 0.5) is 5.00 Å². The molecule has 0 atom stereocenters. The zero-order chi connectivity index (χ0) is 20.4. The molecular weight excluding hydrogens is 414 g/mol. The number of nitrogens with one attached hydrogen (secondary N) is 1. The third-order valence-electron chi connectivity index (χ3n) is 4.39. The number of anilines is 1. The molecule has 1 N–H and O–H groups in total. The van der Waals surface area contributed by atoms with Gasteiger partial charge in [0.15, 0.2) is 0 Å². The van der Waals surface area contributed by atoms with Crippen LogP contribution in [-0.4, -0.2) is 34.2 Å². The van der Waals surface area contributed by atoms with Gasteiger partial charge in [0.2, 0.25) is 5.91 Å². The van der Waals surface area contributed by atoms with Crippen molar-refractivity contribution in [3.8, 4) is 0 Å². The van der Waals surface area contributed by atoms with E-state index in [1.807, 2.05) is 20.8 Å². The van der Waals surface area contributed by atoms with E-state index in [0.717, 1.165) is 31.2 Å². The first-order chi connectivity index (χ1) is 13.3. The number of hydrogen-bond acceptors (Lipinski definition) is 8. The molecule has 0 aliphatic rings. The lowest BCUT2D eigenvalue weighted by Gasteiger charge is -2.07. The van der Waals surface area contributed by atoms with Crippen LogP contribution in [0.5, 0.6) is 0 Å². The highest BCUT2D eigenvalue weighted by atomic mass is 32.2. The summed E-state index contributed by atoms with van der Waals surface area (Å²) in [5.74, 6) is -0.402. The summed E-state index contributed by atoms with van der Waals surface area (Å²) in [5.41, 5.74) is 2.43. The average molecular weight is 436 g/mol. The summed E-state index contributed by atoms with van der Waals surface area (Å²) in [6, 6.07) is 0. The normalized spacial score (nSPS) is 11.0. The Morgan fingerprint density at radius 2 is 1.82 bits per heavy atom. The number of aryl methyl sites for hydroxylation is 3. The van der Waals surface area contributed by atoms with Crippen LogP contribution in [0.15, 0.2) is 11.4 Å². The van der Waals surface area contributed by atoms with E-state index in [9.17, 15) is 9.59 Å². The van der Waals surface area contributed by atoms with Gasteiger partial charge in [-0.2, -0.15) is 0 Å². The molecule has 0 saturated heterocycles. The molecule has 3 rings (SSSR count). The minimum atomic E-state index is -0.408. The number of thioether (sulfide) groups is 1. The number of nitrogens with zero attached hydrogens (tertiary/aromatic N) is 2. The molecule has 9 heteroatoms. The van der Waals surface area contributed by atoms with Crippen molar-refractivity contribution in [3.63, 3.8) is 0 Å². The second kappa shape index (κ2) is 8.59. The summed E-state index contributed by atoms with van der Waals surface area (Å²) in [6.45, 7) is 9.94. The van der Waals surface area contributed by atoms with Crippen LogP contribution in [0.3, 0.4) is 0 Å². The van der Waals surface area contributed by atoms with E-state index in [2.05, 4.69) is 22.2 Å². The Morgan fingerprint density at radius 1 is 1.11 bits per heavy atom. The smallest absolute Gasteiger partial charge is 0.341 e. The molecule has 6 nitrogen and oxygen atoms in total. The Kier molecular flexibility index (Phi) is 6.36. The fourth-order valence-electron chi connectivity index (χ4n) is 2.72. The first-order valence-corrected chi connectivity index (χ1v) is 11.4. The predicted octanol–water partition coefficient (Wildman–Crippen LogP) is 4.89. The number of fused-ring (bicyclic) bond motifs is 1. The van der Waals surface area contributed by atoms with E-state index in [0.29, 0.717) is 17.2 Å². The van der Waals surface area contributed by atoms with Crippen molar-refractivity contribution < 1.29 is 14.3 Å². The van der Waals surface area contributed by atoms with Gasteiger partial charge in [-0.05, 0) is 45.7 Å². The van der Waals surface area contributed by atoms with E-state index < -0.39 is 5.97 Å². The highest BCUT2D eigenvalue weighted by Crippen LogP contribution is 2.35. The van der Waals surface area contributed by atoms with Gasteiger partial charge in [-0.15, -0.1) is 22.7 Å². The van der Waals surface area contributed by atoms with Gasteiger partial charge in [-0.25, -0.2) is 14.8 Å². The Hall–Kier alpha value is -1.97. The molecule has 0 aliphatic heterocycles. The van der Waals surface area contributed by atoms with Crippen molar-refractivity contribution >= 4 is 61.5 Å². The topological polar surface area (TPSA) is 81.2 Å². The molecule has 3 aromatic rings. The number of hydrogen-bond donors (Lipinski definition) is 1. The van der Waals surface area contributed by atoms with Crippen LogP contribution in [0.2, 0.25) is 0 Å². The number of aromatic nitrogens is 2. The SMILES string of the molecule is CCOC(=O)c1c(NC(=O)CSc2ncnc3sc(C)c(C)c23)sc(C)c1C. The Labute approximate surface area is 175 Å². The van der Waals surface area contributed by atoms with E-state index in [1.165, 1.54) is 34.3 Å². The number of ether oxygens (including phenoxy) is 1. The van der Waals surface area contributed by atoms with Gasteiger partial charge in [0, 0.05) is 15.1 Å². The van der Waals surface area contributed by atoms with Crippen molar-refractivity contribution in [2.24, 2.45) is 0 Å². The first-order valence-electron chi connectivity index (χ1n) is 8.73. The zero-order valence-electron chi connectivity index (χ0n) is 16.3. The number of thiophene rings is 2. The van der Waals surface area contributed by atoms with Crippen molar-refractivity contribution in [1.29, 1.82) is 0 Å². The molecule has 28 heavy (non-hydrogen) atoms. The van der Waals surface area contributed by atoms with Crippen LogP contribution in [0.25, 0.3) is 10.2 Å². The van der Waals surface area contributed by atoms with Gasteiger partial charge in [-0.1, -0.05) is 11.8 Å². The molecular formula is C19H21N3O3S3. The third-order valence-corrected chi connectivity index (χ3v) is 7.62. The fraction of sp³-hybridized carbons (Fsp3) is 0.368. The average Bonchev–Trinajstić information content (AvgIpc) is 3.09. The number of rotatable bonds is 6. The Morgan fingerprint density at radius 3 is 2.54 bits per heavy atom. The van der Waals surface area contributed by atoms with Crippen LogP contribution in [-0.2, 0) is 9.53 Å². The fourth-order valence-corrected chi connectivity index (χ4v) is 5.70. The molecule has 0 fully saturated rings. The maximum absolute atomic E-state index is 12.5. The van der Waals surface area contributed by atoms with Crippen LogP contribution >= 0.6 is 34.4 Å². The summed E-state index contributed by atoms with van der Waals surface area (Å²) in [7, 11) is 0. The minimum Gasteiger partial charge on any atom is -0.462 e. The molecule has 0 radical (unpaired) electrons. The van der Waals surface area contributed by atoms with Crippen molar-refractivity contribution in [2.75, 3.05) is 17.7 Å². The van der Waals surface area contributed by atoms with E-state index in [-0.39, 0.29) is 11.7 Å². The highest BCUT2D eigenvalue weighted by Gasteiger charge is 2.22. The monoisotopic (exact) mass is 435 g/mol. The molecule has 0 spiro atoms. The molecule has 0 unspecified atom stereocenters. The molecule has 0 aromatic carbocycles. The van der Waals surface area contributed by atoms with E-state index in [4.69, 9.17) is 4.74 Å². The number of esters is 1. The van der Waals surface area contributed by atoms with Crippen molar-refractivity contribution in [2.45, 2.75) is 39.6 Å². The summed E-state index contributed by atoms with van der Waals surface area (Å²) in [6.07, 6.45) is 1.53. The van der Waals surface area contributed by atoms with Gasteiger partial charge >= 0.3 is 5.97 Å². The van der Waals surface area contributed by atoms with Gasteiger partial charge < -0.3 is 10.1 Å².